The summed E-state index contributed by atoms with van der Waals surface area (Å²) >= 11 is 3.44. The van der Waals surface area contributed by atoms with Crippen molar-refractivity contribution in [3.63, 3.8) is 0 Å². The average Bonchev–Trinajstić information content (AvgIpc) is 3.05. The number of piperidine rings is 1. The van der Waals surface area contributed by atoms with E-state index in [-0.39, 0.29) is 5.91 Å². The fourth-order valence-electron chi connectivity index (χ4n) is 2.75. The van der Waals surface area contributed by atoms with Crippen LogP contribution in [-0.4, -0.2) is 34.0 Å². The van der Waals surface area contributed by atoms with Crippen LogP contribution in [-0.2, 0) is 6.54 Å². The first-order chi connectivity index (χ1) is 11.1. The summed E-state index contributed by atoms with van der Waals surface area (Å²) in [6.07, 6.45) is 3.78. The zero-order valence-corrected chi connectivity index (χ0v) is 14.6. The minimum Gasteiger partial charge on any atom is -0.347 e. The molecule has 0 unspecified atom stereocenters. The van der Waals surface area contributed by atoms with Gasteiger partial charge in [0.05, 0.1) is 12.2 Å². The third kappa shape index (κ3) is 3.97. The Balaban J connectivity index is 1.61. The first-order valence-corrected chi connectivity index (χ1v) is 8.58. The first kappa shape index (κ1) is 16.1. The number of rotatable bonds is 4. The van der Waals surface area contributed by atoms with E-state index in [1.54, 1.807) is 6.20 Å². The highest BCUT2D eigenvalue weighted by molar-refractivity contribution is 9.10. The number of benzene rings is 1. The second kappa shape index (κ2) is 7.23. The molecule has 23 heavy (non-hydrogen) atoms. The first-order valence-electron chi connectivity index (χ1n) is 7.79. The summed E-state index contributed by atoms with van der Waals surface area (Å²) in [5, 5.41) is 14.4. The van der Waals surface area contributed by atoms with Crippen molar-refractivity contribution < 1.29 is 4.79 Å². The van der Waals surface area contributed by atoms with Gasteiger partial charge < -0.3 is 10.6 Å². The molecule has 1 aliphatic rings. The zero-order chi connectivity index (χ0) is 16.2. The predicted octanol–water partition coefficient (Wildman–Crippen LogP) is 2.20. The molecule has 0 atom stereocenters. The quantitative estimate of drug-likeness (QED) is 0.856. The summed E-state index contributed by atoms with van der Waals surface area (Å²) in [5.41, 5.74) is 2.60. The lowest BCUT2D eigenvalue weighted by Crippen LogP contribution is -2.29. The SMILES string of the molecule is Cc1cc(Br)ccc1CNC(=O)c1cn(C2CCNCC2)nn1. The van der Waals surface area contributed by atoms with Gasteiger partial charge in [0, 0.05) is 11.0 Å². The van der Waals surface area contributed by atoms with E-state index >= 15 is 0 Å². The summed E-state index contributed by atoms with van der Waals surface area (Å²) in [7, 11) is 0. The molecular formula is C16H20BrN5O. The molecular weight excluding hydrogens is 358 g/mol. The van der Waals surface area contributed by atoms with Crippen LogP contribution < -0.4 is 10.6 Å². The highest BCUT2D eigenvalue weighted by Crippen LogP contribution is 2.17. The Morgan fingerprint density at radius 2 is 2.22 bits per heavy atom. The molecule has 2 heterocycles. The lowest BCUT2D eigenvalue weighted by atomic mass is 10.1. The minimum atomic E-state index is -0.187. The summed E-state index contributed by atoms with van der Waals surface area (Å²) < 4.78 is 2.86. The summed E-state index contributed by atoms with van der Waals surface area (Å²) in [4.78, 5) is 12.2. The van der Waals surface area contributed by atoms with Gasteiger partial charge in [0.2, 0.25) is 0 Å². The summed E-state index contributed by atoms with van der Waals surface area (Å²) in [6, 6.07) is 6.35. The molecule has 0 radical (unpaired) electrons. The molecule has 0 bridgehead atoms. The van der Waals surface area contributed by atoms with Crippen LogP contribution in [0.1, 0.15) is 40.5 Å². The van der Waals surface area contributed by atoms with Gasteiger partial charge in [-0.3, -0.25) is 4.79 Å². The van der Waals surface area contributed by atoms with E-state index in [1.807, 2.05) is 29.8 Å². The molecule has 7 heteroatoms. The van der Waals surface area contributed by atoms with Crippen molar-refractivity contribution in [1.29, 1.82) is 0 Å². The molecule has 1 aliphatic heterocycles. The van der Waals surface area contributed by atoms with Gasteiger partial charge in [0.1, 0.15) is 0 Å². The lowest BCUT2D eigenvalue weighted by Gasteiger charge is -2.22. The van der Waals surface area contributed by atoms with Crippen LogP contribution in [0.5, 0.6) is 0 Å². The number of hydrogen-bond donors (Lipinski definition) is 2. The molecule has 1 fully saturated rings. The number of nitrogens with zero attached hydrogens (tertiary/aromatic N) is 3. The van der Waals surface area contributed by atoms with E-state index in [2.05, 4.69) is 36.9 Å². The molecule has 6 nitrogen and oxygen atoms in total. The Morgan fingerprint density at radius 3 is 2.96 bits per heavy atom. The van der Waals surface area contributed by atoms with Crippen LogP contribution in [0.2, 0.25) is 0 Å². The molecule has 122 valence electrons. The fraction of sp³-hybridized carbons (Fsp3) is 0.438. The molecule has 1 saturated heterocycles. The zero-order valence-electron chi connectivity index (χ0n) is 13.1. The topological polar surface area (TPSA) is 71.8 Å². The maximum absolute atomic E-state index is 12.2. The van der Waals surface area contributed by atoms with Crippen molar-refractivity contribution in [2.45, 2.75) is 32.4 Å². The van der Waals surface area contributed by atoms with Gasteiger partial charge in [0.15, 0.2) is 5.69 Å². The van der Waals surface area contributed by atoms with Gasteiger partial charge in [-0.25, -0.2) is 4.68 Å². The van der Waals surface area contributed by atoms with Gasteiger partial charge in [-0.05, 0) is 56.1 Å². The van der Waals surface area contributed by atoms with E-state index < -0.39 is 0 Å². The van der Waals surface area contributed by atoms with Crippen LogP contribution in [0, 0.1) is 6.92 Å². The summed E-state index contributed by atoms with van der Waals surface area (Å²) in [5.74, 6) is -0.187. The van der Waals surface area contributed by atoms with Crippen molar-refractivity contribution in [2.24, 2.45) is 0 Å². The molecule has 2 N–H and O–H groups in total. The highest BCUT2D eigenvalue weighted by atomic mass is 79.9. The van der Waals surface area contributed by atoms with E-state index in [4.69, 9.17) is 0 Å². The Morgan fingerprint density at radius 1 is 1.43 bits per heavy atom. The number of halogens is 1. The average molecular weight is 378 g/mol. The molecule has 2 aromatic rings. The Hall–Kier alpha value is -1.73. The minimum absolute atomic E-state index is 0.187. The largest absolute Gasteiger partial charge is 0.347 e. The normalized spacial score (nSPS) is 15.6. The fourth-order valence-corrected chi connectivity index (χ4v) is 3.23. The molecule has 1 amide bonds. The lowest BCUT2D eigenvalue weighted by molar-refractivity contribution is 0.0945. The van der Waals surface area contributed by atoms with Crippen LogP contribution in [0.25, 0.3) is 0 Å². The maximum atomic E-state index is 12.2. The van der Waals surface area contributed by atoms with Gasteiger partial charge in [-0.1, -0.05) is 27.2 Å². The molecule has 0 aliphatic carbocycles. The van der Waals surface area contributed by atoms with Gasteiger partial charge in [0.25, 0.3) is 5.91 Å². The third-order valence-corrected chi connectivity index (χ3v) is 4.66. The number of aryl methyl sites for hydroxylation is 1. The standard InChI is InChI=1S/C16H20BrN5O/c1-11-8-13(17)3-2-12(11)9-19-16(23)15-10-22(21-20-15)14-4-6-18-7-5-14/h2-3,8,10,14,18H,4-7,9H2,1H3,(H,19,23). The molecule has 0 saturated carbocycles. The Kier molecular flexibility index (Phi) is 5.07. The monoisotopic (exact) mass is 377 g/mol. The van der Waals surface area contributed by atoms with Crippen molar-refractivity contribution in [3.8, 4) is 0 Å². The van der Waals surface area contributed by atoms with Crippen molar-refractivity contribution in [3.05, 3.63) is 45.7 Å². The van der Waals surface area contributed by atoms with Crippen LogP contribution in [0.4, 0.5) is 0 Å². The molecule has 1 aromatic heterocycles. The number of aromatic nitrogens is 3. The Bertz CT molecular complexity index is 694. The molecule has 0 spiro atoms. The van der Waals surface area contributed by atoms with Gasteiger partial charge >= 0.3 is 0 Å². The highest BCUT2D eigenvalue weighted by Gasteiger charge is 2.18. The third-order valence-electron chi connectivity index (χ3n) is 4.17. The second-order valence-electron chi connectivity index (χ2n) is 5.82. The van der Waals surface area contributed by atoms with Crippen molar-refractivity contribution >= 4 is 21.8 Å². The molecule has 1 aromatic carbocycles. The van der Waals surface area contributed by atoms with Gasteiger partial charge in [-0.2, -0.15) is 0 Å². The van der Waals surface area contributed by atoms with E-state index in [0.29, 0.717) is 18.3 Å². The summed E-state index contributed by atoms with van der Waals surface area (Å²) in [6.45, 7) is 4.47. The van der Waals surface area contributed by atoms with Crippen molar-refractivity contribution in [2.75, 3.05) is 13.1 Å². The van der Waals surface area contributed by atoms with Crippen LogP contribution in [0.15, 0.2) is 28.9 Å². The van der Waals surface area contributed by atoms with E-state index in [1.165, 1.54) is 0 Å². The predicted molar refractivity (Wildman–Crippen MR) is 91.2 cm³/mol. The van der Waals surface area contributed by atoms with Crippen molar-refractivity contribution in [1.82, 2.24) is 25.6 Å². The number of nitrogens with one attached hydrogen (secondary N) is 2. The van der Waals surface area contributed by atoms with Crippen LogP contribution >= 0.6 is 15.9 Å². The number of carbonyl (C=O) groups excluding carboxylic acids is 1. The van der Waals surface area contributed by atoms with Gasteiger partial charge in [-0.15, -0.1) is 5.10 Å². The Labute approximate surface area is 143 Å². The smallest absolute Gasteiger partial charge is 0.273 e. The number of hydrogen-bond acceptors (Lipinski definition) is 4. The van der Waals surface area contributed by atoms with Crippen LogP contribution in [0.3, 0.4) is 0 Å². The second-order valence-corrected chi connectivity index (χ2v) is 6.73. The molecule has 3 rings (SSSR count). The van der Waals surface area contributed by atoms with E-state index in [9.17, 15) is 4.79 Å². The maximum Gasteiger partial charge on any atom is 0.273 e. The van der Waals surface area contributed by atoms with E-state index in [0.717, 1.165) is 41.5 Å². The number of amides is 1. The number of carbonyl (C=O) groups is 1.